The number of morpholine rings is 1. The average Bonchev–Trinajstić information content (AvgIpc) is 2.84. The molecule has 2 aromatic carbocycles. The summed E-state index contributed by atoms with van der Waals surface area (Å²) in [5.74, 6) is 2.14. The normalized spacial score (nSPS) is 15.5. The standard InChI is InChI=1S/C25H25NO7/c1-3-16-12-18-21(14-20(16)33-25(28)26-6-8-29-9-7-26)32-15(2)23(24(18)27)17-4-5-19-22(13-17)31-11-10-30-19/h4-5,12-14H,3,6-11H2,1-2H3. The molecule has 1 aromatic heterocycles. The van der Waals surface area contributed by atoms with E-state index in [1.54, 1.807) is 36.1 Å². The number of carbonyl (C=O) groups excluding carboxylic acids is 1. The van der Waals surface area contributed by atoms with Crippen molar-refractivity contribution in [1.82, 2.24) is 4.90 Å². The second-order valence-corrected chi connectivity index (χ2v) is 8.00. The van der Waals surface area contributed by atoms with Gasteiger partial charge in [0.1, 0.15) is 30.3 Å². The summed E-state index contributed by atoms with van der Waals surface area (Å²) in [6.07, 6.45) is 0.160. The van der Waals surface area contributed by atoms with Crippen LogP contribution in [-0.2, 0) is 11.2 Å². The molecular weight excluding hydrogens is 426 g/mol. The van der Waals surface area contributed by atoms with Gasteiger partial charge in [0.25, 0.3) is 0 Å². The third-order valence-electron chi connectivity index (χ3n) is 5.93. The topological polar surface area (TPSA) is 87.4 Å². The van der Waals surface area contributed by atoms with Crippen molar-refractivity contribution >= 4 is 17.1 Å². The minimum Gasteiger partial charge on any atom is -0.486 e. The number of hydrogen-bond donors (Lipinski definition) is 0. The molecule has 33 heavy (non-hydrogen) atoms. The SMILES string of the molecule is CCc1cc2c(=O)c(-c3ccc4c(c3)OCCO4)c(C)oc2cc1OC(=O)N1CCOCC1. The third kappa shape index (κ3) is 4.02. The maximum absolute atomic E-state index is 13.5. The number of ether oxygens (including phenoxy) is 4. The highest BCUT2D eigenvalue weighted by Crippen LogP contribution is 2.36. The van der Waals surface area contributed by atoms with Gasteiger partial charge >= 0.3 is 6.09 Å². The van der Waals surface area contributed by atoms with Gasteiger partial charge in [-0.05, 0) is 42.7 Å². The first-order valence-corrected chi connectivity index (χ1v) is 11.1. The molecule has 0 radical (unpaired) electrons. The van der Waals surface area contributed by atoms with Crippen LogP contribution in [0.4, 0.5) is 4.79 Å². The van der Waals surface area contributed by atoms with Gasteiger partial charge in [-0.3, -0.25) is 4.79 Å². The van der Waals surface area contributed by atoms with Crippen molar-refractivity contribution in [3.8, 4) is 28.4 Å². The molecule has 0 spiro atoms. The van der Waals surface area contributed by atoms with Crippen LogP contribution in [-0.4, -0.2) is 50.5 Å². The van der Waals surface area contributed by atoms with Gasteiger partial charge in [-0.15, -0.1) is 0 Å². The van der Waals surface area contributed by atoms with Crippen molar-refractivity contribution in [2.24, 2.45) is 0 Å². The van der Waals surface area contributed by atoms with Gasteiger partial charge in [-0.2, -0.15) is 0 Å². The maximum Gasteiger partial charge on any atom is 0.415 e. The summed E-state index contributed by atoms with van der Waals surface area (Å²) >= 11 is 0. The summed E-state index contributed by atoms with van der Waals surface area (Å²) in [5.41, 5.74) is 2.16. The minimum atomic E-state index is -0.431. The van der Waals surface area contributed by atoms with Crippen molar-refractivity contribution in [3.63, 3.8) is 0 Å². The first-order valence-electron chi connectivity index (χ1n) is 11.1. The highest BCUT2D eigenvalue weighted by molar-refractivity contribution is 5.86. The zero-order valence-corrected chi connectivity index (χ0v) is 18.6. The van der Waals surface area contributed by atoms with Gasteiger partial charge in [0.15, 0.2) is 11.5 Å². The number of fused-ring (bicyclic) bond motifs is 2. The zero-order valence-electron chi connectivity index (χ0n) is 18.6. The number of carbonyl (C=O) groups is 1. The molecule has 3 aromatic rings. The molecule has 0 aliphatic carbocycles. The number of amides is 1. The fourth-order valence-electron chi connectivity index (χ4n) is 4.19. The highest BCUT2D eigenvalue weighted by atomic mass is 16.6. The zero-order chi connectivity index (χ0) is 22.9. The van der Waals surface area contributed by atoms with Crippen LogP contribution in [0.3, 0.4) is 0 Å². The summed E-state index contributed by atoms with van der Waals surface area (Å²) in [6.45, 7) is 6.62. The van der Waals surface area contributed by atoms with Crippen molar-refractivity contribution in [1.29, 1.82) is 0 Å². The molecule has 5 rings (SSSR count). The van der Waals surface area contributed by atoms with Gasteiger partial charge in [-0.25, -0.2) is 4.79 Å². The van der Waals surface area contributed by atoms with Crippen LogP contribution in [0.2, 0.25) is 0 Å². The van der Waals surface area contributed by atoms with Crippen LogP contribution < -0.4 is 19.6 Å². The van der Waals surface area contributed by atoms with E-state index in [1.165, 1.54) is 0 Å². The first-order chi connectivity index (χ1) is 16.0. The number of rotatable bonds is 3. The lowest BCUT2D eigenvalue weighted by Gasteiger charge is -2.26. The Balaban J connectivity index is 1.54. The molecule has 0 bridgehead atoms. The van der Waals surface area contributed by atoms with E-state index in [9.17, 15) is 9.59 Å². The van der Waals surface area contributed by atoms with E-state index >= 15 is 0 Å². The van der Waals surface area contributed by atoms with Crippen molar-refractivity contribution < 1.29 is 28.2 Å². The van der Waals surface area contributed by atoms with Crippen molar-refractivity contribution in [2.75, 3.05) is 39.5 Å². The molecule has 1 amide bonds. The Morgan fingerprint density at radius 2 is 1.79 bits per heavy atom. The summed E-state index contributed by atoms with van der Waals surface area (Å²) in [5, 5.41) is 0.438. The lowest BCUT2D eigenvalue weighted by molar-refractivity contribution is 0.0415. The molecule has 1 saturated heterocycles. The summed E-state index contributed by atoms with van der Waals surface area (Å²) in [4.78, 5) is 27.7. The van der Waals surface area contributed by atoms with E-state index in [0.29, 0.717) is 91.0 Å². The van der Waals surface area contributed by atoms with Crippen LogP contribution >= 0.6 is 0 Å². The molecule has 2 aliphatic heterocycles. The van der Waals surface area contributed by atoms with E-state index < -0.39 is 6.09 Å². The average molecular weight is 451 g/mol. The van der Waals surface area contributed by atoms with Crippen LogP contribution in [0.5, 0.6) is 17.2 Å². The Morgan fingerprint density at radius 3 is 2.55 bits per heavy atom. The molecule has 8 heteroatoms. The molecule has 8 nitrogen and oxygen atoms in total. The van der Waals surface area contributed by atoms with E-state index in [0.717, 1.165) is 5.56 Å². The fraction of sp³-hybridized carbons (Fsp3) is 0.360. The number of nitrogens with zero attached hydrogens (tertiary/aromatic N) is 1. The van der Waals surface area contributed by atoms with Gasteiger partial charge in [0.05, 0.1) is 24.2 Å². The lowest BCUT2D eigenvalue weighted by Crippen LogP contribution is -2.42. The molecule has 0 N–H and O–H groups in total. The molecule has 1 fully saturated rings. The molecule has 2 aliphatic rings. The van der Waals surface area contributed by atoms with Gasteiger partial charge in [-0.1, -0.05) is 13.0 Å². The number of benzene rings is 2. The molecule has 0 unspecified atom stereocenters. The lowest BCUT2D eigenvalue weighted by atomic mass is 10.00. The second-order valence-electron chi connectivity index (χ2n) is 8.00. The first kappa shape index (κ1) is 21.3. The van der Waals surface area contributed by atoms with Crippen LogP contribution in [0, 0.1) is 6.92 Å². The molecule has 0 atom stereocenters. The van der Waals surface area contributed by atoms with Crippen molar-refractivity contribution in [3.05, 3.63) is 51.9 Å². The smallest absolute Gasteiger partial charge is 0.415 e. The summed E-state index contributed by atoms with van der Waals surface area (Å²) < 4.78 is 28.3. The van der Waals surface area contributed by atoms with Crippen LogP contribution in [0.1, 0.15) is 18.2 Å². The third-order valence-corrected chi connectivity index (χ3v) is 5.93. The maximum atomic E-state index is 13.5. The fourth-order valence-corrected chi connectivity index (χ4v) is 4.19. The van der Waals surface area contributed by atoms with E-state index in [4.69, 9.17) is 23.4 Å². The van der Waals surface area contributed by atoms with E-state index in [2.05, 4.69) is 0 Å². The second kappa shape index (κ2) is 8.78. The van der Waals surface area contributed by atoms with Crippen LogP contribution in [0.15, 0.2) is 39.5 Å². The number of hydrogen-bond acceptors (Lipinski definition) is 7. The predicted octanol–water partition coefficient (Wildman–Crippen LogP) is 3.93. The molecule has 3 heterocycles. The Hall–Kier alpha value is -3.52. The van der Waals surface area contributed by atoms with Gasteiger partial charge in [0, 0.05) is 19.2 Å². The summed E-state index contributed by atoms with van der Waals surface area (Å²) in [7, 11) is 0. The molecular formula is C25H25NO7. The minimum absolute atomic E-state index is 0.147. The predicted molar refractivity (Wildman–Crippen MR) is 121 cm³/mol. The van der Waals surface area contributed by atoms with E-state index in [-0.39, 0.29) is 5.43 Å². The van der Waals surface area contributed by atoms with E-state index in [1.807, 2.05) is 13.0 Å². The highest BCUT2D eigenvalue weighted by Gasteiger charge is 2.22. The van der Waals surface area contributed by atoms with Gasteiger partial charge < -0.3 is 28.3 Å². The quantitative estimate of drug-likeness (QED) is 0.596. The summed E-state index contributed by atoms with van der Waals surface area (Å²) in [6, 6.07) is 8.83. The molecule has 0 saturated carbocycles. The Kier molecular flexibility index (Phi) is 5.68. The Morgan fingerprint density at radius 1 is 1.03 bits per heavy atom. The Bertz CT molecular complexity index is 1270. The largest absolute Gasteiger partial charge is 0.486 e. The Labute approximate surface area is 190 Å². The number of aryl methyl sites for hydroxylation is 2. The van der Waals surface area contributed by atoms with Crippen molar-refractivity contribution in [2.45, 2.75) is 20.3 Å². The molecule has 172 valence electrons. The van der Waals surface area contributed by atoms with Gasteiger partial charge in [0.2, 0.25) is 5.43 Å². The van der Waals surface area contributed by atoms with Crippen LogP contribution in [0.25, 0.3) is 22.1 Å². The monoisotopic (exact) mass is 451 g/mol.